The Morgan fingerprint density at radius 2 is 1.74 bits per heavy atom. The Balaban J connectivity index is 1.51. The smallest absolute Gasteiger partial charge is 0.176 e. The van der Waals surface area contributed by atoms with Gasteiger partial charge in [0.2, 0.25) is 0 Å². The maximum atomic E-state index is 13.6. The fraction of sp³-hybridized carbons (Fsp3) is 0. The Hall–Kier alpha value is -4.04. The lowest BCUT2D eigenvalue weighted by molar-refractivity contribution is 0.657. The Bertz CT molecular complexity index is 1580. The molecule has 0 aliphatic carbocycles. The number of nitrogens with two attached hydrogens (primary N) is 1. The third-order valence-corrected chi connectivity index (χ3v) is 6.20. The normalized spacial score (nSPS) is 11.5. The molecule has 5 aromatic heterocycles. The fourth-order valence-electron chi connectivity index (χ4n) is 3.85. The van der Waals surface area contributed by atoms with Crippen molar-refractivity contribution in [1.29, 1.82) is 0 Å². The summed E-state index contributed by atoms with van der Waals surface area (Å²) < 4.78 is 13.6. The number of hydrogen-bond donors (Lipinski definition) is 3. The van der Waals surface area contributed by atoms with E-state index >= 15 is 0 Å². The lowest BCUT2D eigenvalue weighted by Gasteiger charge is -2.03. The molecule has 0 spiro atoms. The minimum Gasteiger partial charge on any atom is -0.397 e. The quantitative estimate of drug-likeness (QED) is 0.342. The number of rotatable bonds is 3. The average molecular weight is 426 g/mol. The molecule has 6 aromatic rings. The molecular formula is C23H15FN6S. The minimum absolute atomic E-state index is 0.218. The summed E-state index contributed by atoms with van der Waals surface area (Å²) in [6.07, 6.45) is 6.95. The zero-order valence-electron chi connectivity index (χ0n) is 16.1. The van der Waals surface area contributed by atoms with Crippen LogP contribution >= 0.6 is 11.3 Å². The predicted molar refractivity (Wildman–Crippen MR) is 122 cm³/mol. The topological polar surface area (TPSA) is 96.3 Å². The first kappa shape index (κ1) is 17.8. The molecule has 0 saturated carbocycles. The summed E-state index contributed by atoms with van der Waals surface area (Å²) in [5.74, 6) is 0. The summed E-state index contributed by atoms with van der Waals surface area (Å²) >= 11 is 1.11. The number of nitrogen functional groups attached to an aromatic ring is 1. The summed E-state index contributed by atoms with van der Waals surface area (Å²) in [5.41, 5.74) is 12.8. The number of nitrogens with zero attached hydrogens (tertiary/aromatic N) is 3. The van der Waals surface area contributed by atoms with Gasteiger partial charge in [-0.3, -0.25) is 15.1 Å². The van der Waals surface area contributed by atoms with Gasteiger partial charge in [-0.05, 0) is 42.0 Å². The van der Waals surface area contributed by atoms with Gasteiger partial charge in [-0.15, -0.1) is 11.3 Å². The number of thiophene rings is 1. The van der Waals surface area contributed by atoms with Gasteiger partial charge in [0.1, 0.15) is 5.69 Å². The van der Waals surface area contributed by atoms with E-state index in [1.54, 1.807) is 30.9 Å². The van der Waals surface area contributed by atoms with E-state index < -0.39 is 0 Å². The number of fused-ring (bicyclic) bond motifs is 2. The number of nitrogens with one attached hydrogen (secondary N) is 2. The minimum atomic E-state index is -0.218. The van der Waals surface area contributed by atoms with Gasteiger partial charge in [0.05, 0.1) is 28.6 Å². The summed E-state index contributed by atoms with van der Waals surface area (Å²) in [6, 6.07) is 13.3. The van der Waals surface area contributed by atoms with Crippen LogP contribution in [0.25, 0.3) is 54.8 Å². The van der Waals surface area contributed by atoms with Crippen molar-refractivity contribution in [3.63, 3.8) is 0 Å². The molecule has 0 aliphatic heterocycles. The van der Waals surface area contributed by atoms with Gasteiger partial charge < -0.3 is 10.7 Å². The Labute approximate surface area is 179 Å². The molecule has 6 rings (SSSR count). The maximum Gasteiger partial charge on any atom is 0.176 e. The molecule has 0 atom stereocenters. The first-order chi connectivity index (χ1) is 15.2. The summed E-state index contributed by atoms with van der Waals surface area (Å²) in [6.45, 7) is 0. The van der Waals surface area contributed by atoms with E-state index in [0.29, 0.717) is 5.69 Å². The number of halogens is 1. The van der Waals surface area contributed by atoms with Crippen LogP contribution in [0.4, 0.5) is 10.1 Å². The van der Waals surface area contributed by atoms with Gasteiger partial charge in [-0.2, -0.15) is 9.49 Å². The number of hydrogen-bond acceptors (Lipinski definition) is 5. The van der Waals surface area contributed by atoms with Crippen LogP contribution in [0.2, 0.25) is 0 Å². The largest absolute Gasteiger partial charge is 0.397 e. The van der Waals surface area contributed by atoms with Crippen molar-refractivity contribution in [2.75, 3.05) is 5.73 Å². The van der Waals surface area contributed by atoms with Gasteiger partial charge in [0, 0.05) is 45.4 Å². The second-order valence-corrected chi connectivity index (χ2v) is 8.31. The first-order valence-electron chi connectivity index (χ1n) is 9.57. The number of aromatic nitrogens is 5. The standard InChI is InChI=1S/C23H15FN6S/c24-22-4-3-21(31-22)17-10-27-11-20-15(17)7-19(28-20)23-16-6-12(1-2-18(16)29-30-23)13-5-14(25)9-26-8-13/h1-11,28H,25H2,(H,29,30). The summed E-state index contributed by atoms with van der Waals surface area (Å²) in [7, 11) is 0. The fourth-order valence-corrected chi connectivity index (χ4v) is 4.60. The highest BCUT2D eigenvalue weighted by Crippen LogP contribution is 2.36. The van der Waals surface area contributed by atoms with Crippen molar-refractivity contribution >= 4 is 38.8 Å². The highest BCUT2D eigenvalue weighted by atomic mass is 32.1. The number of aromatic amines is 2. The molecular weight excluding hydrogens is 411 g/mol. The molecule has 8 heteroatoms. The zero-order chi connectivity index (χ0) is 20.9. The number of anilines is 1. The SMILES string of the molecule is Nc1cncc(-c2ccc3[nH]nc(-c4cc5c(-c6ccc(F)s6)cncc5[nH]4)c3c2)c1. The van der Waals surface area contributed by atoms with Crippen molar-refractivity contribution in [1.82, 2.24) is 25.1 Å². The van der Waals surface area contributed by atoms with Gasteiger partial charge >= 0.3 is 0 Å². The highest BCUT2D eigenvalue weighted by molar-refractivity contribution is 7.14. The van der Waals surface area contributed by atoms with Crippen LogP contribution in [0.15, 0.2) is 67.3 Å². The Kier molecular flexibility index (Phi) is 3.87. The van der Waals surface area contributed by atoms with Crippen LogP contribution in [-0.2, 0) is 0 Å². The molecule has 0 amide bonds. The van der Waals surface area contributed by atoms with E-state index in [-0.39, 0.29) is 5.13 Å². The molecule has 150 valence electrons. The third kappa shape index (κ3) is 2.96. The molecule has 4 N–H and O–H groups in total. The molecule has 0 unspecified atom stereocenters. The van der Waals surface area contributed by atoms with E-state index in [1.807, 2.05) is 24.3 Å². The first-order valence-corrected chi connectivity index (χ1v) is 10.4. The molecule has 1 aromatic carbocycles. The van der Waals surface area contributed by atoms with Crippen LogP contribution in [0.1, 0.15) is 0 Å². The second-order valence-electron chi connectivity index (χ2n) is 7.27. The molecule has 0 bridgehead atoms. The second kappa shape index (κ2) is 6.75. The highest BCUT2D eigenvalue weighted by Gasteiger charge is 2.15. The van der Waals surface area contributed by atoms with Crippen LogP contribution in [0.3, 0.4) is 0 Å². The molecule has 31 heavy (non-hydrogen) atoms. The van der Waals surface area contributed by atoms with E-state index in [0.717, 1.165) is 66.1 Å². The molecule has 0 aliphatic rings. The lowest BCUT2D eigenvalue weighted by atomic mass is 10.0. The molecule has 0 radical (unpaired) electrons. The van der Waals surface area contributed by atoms with Gasteiger partial charge in [0.25, 0.3) is 0 Å². The molecule has 6 nitrogen and oxygen atoms in total. The number of benzene rings is 1. The number of H-pyrrole nitrogens is 2. The zero-order valence-corrected chi connectivity index (χ0v) is 16.9. The van der Waals surface area contributed by atoms with E-state index in [1.165, 1.54) is 6.07 Å². The van der Waals surface area contributed by atoms with Gasteiger partial charge in [-0.25, -0.2) is 0 Å². The molecule has 5 heterocycles. The summed E-state index contributed by atoms with van der Waals surface area (Å²) in [4.78, 5) is 12.8. The monoisotopic (exact) mass is 426 g/mol. The van der Waals surface area contributed by atoms with Crippen molar-refractivity contribution < 1.29 is 4.39 Å². The van der Waals surface area contributed by atoms with E-state index in [2.05, 4.69) is 31.2 Å². The third-order valence-electron chi connectivity index (χ3n) is 5.29. The van der Waals surface area contributed by atoms with E-state index in [9.17, 15) is 4.39 Å². The Morgan fingerprint density at radius 1 is 0.839 bits per heavy atom. The number of pyridine rings is 2. The molecule has 0 fully saturated rings. The van der Waals surface area contributed by atoms with Crippen molar-refractivity contribution in [2.24, 2.45) is 0 Å². The Morgan fingerprint density at radius 3 is 2.58 bits per heavy atom. The van der Waals surface area contributed by atoms with E-state index in [4.69, 9.17) is 5.73 Å². The van der Waals surface area contributed by atoms with Crippen LogP contribution in [0, 0.1) is 5.13 Å². The van der Waals surface area contributed by atoms with Crippen LogP contribution in [-0.4, -0.2) is 25.1 Å². The maximum absolute atomic E-state index is 13.6. The van der Waals surface area contributed by atoms with Crippen molar-refractivity contribution in [3.8, 4) is 33.0 Å². The van der Waals surface area contributed by atoms with Crippen LogP contribution < -0.4 is 5.73 Å². The molecule has 0 saturated heterocycles. The summed E-state index contributed by atoms with van der Waals surface area (Å²) in [5, 5.41) is 9.37. The average Bonchev–Trinajstić information content (AvgIpc) is 3.50. The van der Waals surface area contributed by atoms with Gasteiger partial charge in [-0.1, -0.05) is 6.07 Å². The van der Waals surface area contributed by atoms with Crippen molar-refractivity contribution in [2.45, 2.75) is 0 Å². The predicted octanol–water partition coefficient (Wildman–Crippen LogP) is 5.62. The van der Waals surface area contributed by atoms with Gasteiger partial charge in [0.15, 0.2) is 5.13 Å². The van der Waals surface area contributed by atoms with Crippen LogP contribution in [0.5, 0.6) is 0 Å². The lowest BCUT2D eigenvalue weighted by Crippen LogP contribution is -1.87. The van der Waals surface area contributed by atoms with Crippen molar-refractivity contribution in [3.05, 3.63) is 72.4 Å².